The van der Waals surface area contributed by atoms with Crippen molar-refractivity contribution in [1.29, 1.82) is 0 Å². The molecule has 0 radical (unpaired) electrons. The SMILES string of the molecule is CNC(=O)[C@H]1[C@H](C(=O)NC)[C@H]2C=C[C@@H]1C2. The van der Waals surface area contributed by atoms with Crippen LogP contribution in [0.15, 0.2) is 12.2 Å². The largest absolute Gasteiger partial charge is 0.359 e. The van der Waals surface area contributed by atoms with Gasteiger partial charge in [-0.2, -0.15) is 0 Å². The van der Waals surface area contributed by atoms with Gasteiger partial charge in [-0.15, -0.1) is 0 Å². The Morgan fingerprint density at radius 2 is 1.40 bits per heavy atom. The van der Waals surface area contributed by atoms with Crippen LogP contribution >= 0.6 is 0 Å². The molecule has 15 heavy (non-hydrogen) atoms. The molecule has 0 heterocycles. The maximum absolute atomic E-state index is 11.7. The number of fused-ring (bicyclic) bond motifs is 2. The van der Waals surface area contributed by atoms with Crippen LogP contribution in [0.4, 0.5) is 0 Å². The van der Waals surface area contributed by atoms with E-state index in [-0.39, 0.29) is 35.5 Å². The molecule has 0 aromatic rings. The van der Waals surface area contributed by atoms with Crippen molar-refractivity contribution in [2.45, 2.75) is 6.42 Å². The molecular formula is C11H16N2O2. The number of carbonyl (C=O) groups excluding carboxylic acids is 2. The molecule has 2 aliphatic rings. The van der Waals surface area contributed by atoms with Gasteiger partial charge in [-0.05, 0) is 18.3 Å². The van der Waals surface area contributed by atoms with Gasteiger partial charge in [-0.3, -0.25) is 9.59 Å². The Hall–Kier alpha value is -1.32. The molecule has 0 aliphatic heterocycles. The van der Waals surface area contributed by atoms with Gasteiger partial charge in [0.2, 0.25) is 11.8 Å². The van der Waals surface area contributed by atoms with E-state index in [9.17, 15) is 9.59 Å². The zero-order valence-corrected chi connectivity index (χ0v) is 8.99. The first-order chi connectivity index (χ1) is 7.19. The van der Waals surface area contributed by atoms with Crippen molar-refractivity contribution >= 4 is 11.8 Å². The van der Waals surface area contributed by atoms with Crippen LogP contribution in [0.2, 0.25) is 0 Å². The third-order valence-corrected chi connectivity index (χ3v) is 3.56. The Balaban J connectivity index is 2.24. The lowest BCUT2D eigenvalue weighted by molar-refractivity contribution is -0.134. The zero-order valence-electron chi connectivity index (χ0n) is 8.99. The Bertz CT molecular complexity index is 295. The fraction of sp³-hybridized carbons (Fsp3) is 0.636. The van der Waals surface area contributed by atoms with Gasteiger partial charge in [-0.25, -0.2) is 0 Å². The normalized spacial score (nSPS) is 36.7. The van der Waals surface area contributed by atoms with Crippen molar-refractivity contribution in [2.75, 3.05) is 14.1 Å². The molecule has 2 rings (SSSR count). The second kappa shape index (κ2) is 3.68. The predicted molar refractivity (Wildman–Crippen MR) is 55.9 cm³/mol. The Morgan fingerprint density at radius 3 is 1.73 bits per heavy atom. The summed E-state index contributed by atoms with van der Waals surface area (Å²) in [5.41, 5.74) is 0. The molecule has 4 atom stereocenters. The average Bonchev–Trinajstić information content (AvgIpc) is 2.86. The molecule has 4 heteroatoms. The zero-order chi connectivity index (χ0) is 11.0. The standard InChI is InChI=1S/C11H16N2O2/c1-12-10(14)8-6-3-4-7(5-6)9(8)11(15)13-2/h3-4,6-9H,5H2,1-2H3,(H,12,14)(H,13,15)/t6-,7+,8-,9-/m1/s1. The highest BCUT2D eigenvalue weighted by molar-refractivity contribution is 5.89. The summed E-state index contributed by atoms with van der Waals surface area (Å²) in [6, 6.07) is 0. The van der Waals surface area contributed by atoms with Crippen LogP contribution in [0.1, 0.15) is 6.42 Å². The van der Waals surface area contributed by atoms with Crippen LogP contribution in [0.3, 0.4) is 0 Å². The molecule has 1 fully saturated rings. The summed E-state index contributed by atoms with van der Waals surface area (Å²) < 4.78 is 0. The number of hydrogen-bond acceptors (Lipinski definition) is 2. The molecule has 0 aromatic heterocycles. The first-order valence-electron chi connectivity index (χ1n) is 5.30. The van der Waals surface area contributed by atoms with E-state index in [2.05, 4.69) is 22.8 Å². The van der Waals surface area contributed by atoms with Crippen LogP contribution in [-0.2, 0) is 9.59 Å². The van der Waals surface area contributed by atoms with Gasteiger partial charge in [0.05, 0.1) is 11.8 Å². The number of amides is 2. The van der Waals surface area contributed by atoms with Crippen LogP contribution in [0, 0.1) is 23.7 Å². The summed E-state index contributed by atoms with van der Waals surface area (Å²) in [4.78, 5) is 23.4. The molecule has 0 unspecified atom stereocenters. The third kappa shape index (κ3) is 1.44. The van der Waals surface area contributed by atoms with E-state index in [0.717, 1.165) is 6.42 Å². The molecule has 0 aromatic carbocycles. The fourth-order valence-electron chi connectivity index (χ4n) is 2.87. The van der Waals surface area contributed by atoms with Crippen molar-refractivity contribution in [2.24, 2.45) is 23.7 Å². The Kier molecular flexibility index (Phi) is 2.50. The van der Waals surface area contributed by atoms with Crippen LogP contribution in [0.5, 0.6) is 0 Å². The smallest absolute Gasteiger partial charge is 0.224 e. The summed E-state index contributed by atoms with van der Waals surface area (Å²) in [7, 11) is 3.25. The van der Waals surface area contributed by atoms with Gasteiger partial charge < -0.3 is 10.6 Å². The van der Waals surface area contributed by atoms with E-state index in [4.69, 9.17) is 0 Å². The van der Waals surface area contributed by atoms with Crippen molar-refractivity contribution in [3.8, 4) is 0 Å². The van der Waals surface area contributed by atoms with Crippen molar-refractivity contribution in [1.82, 2.24) is 10.6 Å². The third-order valence-electron chi connectivity index (χ3n) is 3.56. The van der Waals surface area contributed by atoms with Gasteiger partial charge in [0.1, 0.15) is 0 Å². The number of hydrogen-bond donors (Lipinski definition) is 2. The van der Waals surface area contributed by atoms with E-state index < -0.39 is 0 Å². The molecule has 2 amide bonds. The van der Waals surface area contributed by atoms with Crippen molar-refractivity contribution < 1.29 is 9.59 Å². The van der Waals surface area contributed by atoms with E-state index >= 15 is 0 Å². The average molecular weight is 208 g/mol. The summed E-state index contributed by atoms with van der Waals surface area (Å²) in [6.07, 6.45) is 5.09. The number of rotatable bonds is 2. The maximum Gasteiger partial charge on any atom is 0.224 e. The molecular weight excluding hydrogens is 192 g/mol. The van der Waals surface area contributed by atoms with E-state index in [1.807, 2.05) is 0 Å². The van der Waals surface area contributed by atoms with Gasteiger partial charge in [-0.1, -0.05) is 12.2 Å². The molecule has 2 bridgehead atoms. The lowest BCUT2D eigenvalue weighted by Crippen LogP contribution is -2.42. The Morgan fingerprint density at radius 1 is 1.00 bits per heavy atom. The predicted octanol–water partition coefficient (Wildman–Crippen LogP) is -0.0833. The van der Waals surface area contributed by atoms with Crippen molar-refractivity contribution in [3.63, 3.8) is 0 Å². The maximum atomic E-state index is 11.7. The van der Waals surface area contributed by atoms with Gasteiger partial charge in [0.25, 0.3) is 0 Å². The molecule has 1 saturated carbocycles. The summed E-state index contributed by atoms with van der Waals surface area (Å²) in [5.74, 6) is 0.116. The molecule has 0 saturated heterocycles. The minimum absolute atomic E-state index is 0.0135. The van der Waals surface area contributed by atoms with Gasteiger partial charge in [0.15, 0.2) is 0 Å². The number of nitrogens with one attached hydrogen (secondary N) is 2. The highest BCUT2D eigenvalue weighted by Crippen LogP contribution is 2.48. The molecule has 2 aliphatic carbocycles. The lowest BCUT2D eigenvalue weighted by atomic mass is 9.82. The Labute approximate surface area is 89.1 Å². The molecule has 4 nitrogen and oxygen atoms in total. The topological polar surface area (TPSA) is 58.2 Å². The summed E-state index contributed by atoms with van der Waals surface area (Å²) in [5, 5.41) is 5.30. The van der Waals surface area contributed by atoms with Crippen molar-refractivity contribution in [3.05, 3.63) is 12.2 Å². The second-order valence-corrected chi connectivity index (χ2v) is 4.23. The van der Waals surface area contributed by atoms with E-state index in [1.54, 1.807) is 14.1 Å². The summed E-state index contributed by atoms with van der Waals surface area (Å²) in [6.45, 7) is 0. The minimum atomic E-state index is -0.176. The number of allylic oxidation sites excluding steroid dienone is 2. The fourth-order valence-corrected chi connectivity index (χ4v) is 2.87. The first kappa shape index (κ1) is 10.2. The first-order valence-corrected chi connectivity index (χ1v) is 5.30. The van der Waals surface area contributed by atoms with Crippen LogP contribution in [0.25, 0.3) is 0 Å². The van der Waals surface area contributed by atoms with Gasteiger partial charge in [0, 0.05) is 14.1 Å². The highest BCUT2D eigenvalue weighted by atomic mass is 16.2. The molecule has 2 N–H and O–H groups in total. The van der Waals surface area contributed by atoms with Crippen LogP contribution in [-0.4, -0.2) is 25.9 Å². The van der Waals surface area contributed by atoms with Gasteiger partial charge >= 0.3 is 0 Å². The number of carbonyl (C=O) groups is 2. The summed E-state index contributed by atoms with van der Waals surface area (Å²) >= 11 is 0. The lowest BCUT2D eigenvalue weighted by Gasteiger charge is -2.24. The quantitative estimate of drug-likeness (QED) is 0.623. The molecule has 0 spiro atoms. The van der Waals surface area contributed by atoms with E-state index in [1.165, 1.54) is 0 Å². The second-order valence-electron chi connectivity index (χ2n) is 4.23. The molecule has 82 valence electrons. The monoisotopic (exact) mass is 208 g/mol. The highest BCUT2D eigenvalue weighted by Gasteiger charge is 2.50. The van der Waals surface area contributed by atoms with Crippen LogP contribution < -0.4 is 10.6 Å². The van der Waals surface area contributed by atoms with E-state index in [0.29, 0.717) is 0 Å². The minimum Gasteiger partial charge on any atom is -0.359 e.